The van der Waals surface area contributed by atoms with Crippen LogP contribution in [0.1, 0.15) is 28.4 Å². The van der Waals surface area contributed by atoms with Gasteiger partial charge in [0.05, 0.1) is 5.75 Å². The summed E-state index contributed by atoms with van der Waals surface area (Å²) in [6, 6.07) is 15.9. The number of carbonyl (C=O) groups is 1. The number of aryl methyl sites for hydroxylation is 1. The summed E-state index contributed by atoms with van der Waals surface area (Å²) in [6.07, 6.45) is 0. The molecule has 0 bridgehead atoms. The SMILES string of the molecule is Cc1ccccc1CS(=O)(=O)C(C)C(=O)c1ccccc1. The van der Waals surface area contributed by atoms with Gasteiger partial charge >= 0.3 is 0 Å². The Hall–Kier alpha value is -1.94. The van der Waals surface area contributed by atoms with Crippen molar-refractivity contribution in [2.75, 3.05) is 0 Å². The molecule has 0 aromatic heterocycles. The third kappa shape index (κ3) is 3.58. The van der Waals surface area contributed by atoms with Crippen LogP contribution in [0.5, 0.6) is 0 Å². The Morgan fingerprint density at radius 2 is 1.57 bits per heavy atom. The van der Waals surface area contributed by atoms with E-state index in [1.165, 1.54) is 6.92 Å². The van der Waals surface area contributed by atoms with Crippen molar-refractivity contribution in [2.24, 2.45) is 0 Å². The summed E-state index contributed by atoms with van der Waals surface area (Å²) in [5.74, 6) is -0.469. The highest BCUT2D eigenvalue weighted by atomic mass is 32.2. The lowest BCUT2D eigenvalue weighted by Gasteiger charge is -2.13. The molecule has 0 saturated carbocycles. The fraction of sp³-hybridized carbons (Fsp3) is 0.235. The first-order chi connectivity index (χ1) is 9.92. The summed E-state index contributed by atoms with van der Waals surface area (Å²) in [4.78, 5) is 12.3. The minimum absolute atomic E-state index is 0.112. The zero-order chi connectivity index (χ0) is 15.5. The highest BCUT2D eigenvalue weighted by Crippen LogP contribution is 2.17. The lowest BCUT2D eigenvalue weighted by atomic mass is 10.1. The van der Waals surface area contributed by atoms with Crippen molar-refractivity contribution in [1.29, 1.82) is 0 Å². The standard InChI is InChI=1S/C17H18O3S/c1-13-8-6-7-11-16(13)12-21(19,20)14(2)17(18)15-9-4-3-5-10-15/h3-11,14H,12H2,1-2H3. The number of hydrogen-bond acceptors (Lipinski definition) is 3. The molecule has 0 saturated heterocycles. The van der Waals surface area contributed by atoms with E-state index in [0.717, 1.165) is 11.1 Å². The van der Waals surface area contributed by atoms with Gasteiger partial charge in [0.1, 0.15) is 5.25 Å². The van der Waals surface area contributed by atoms with Crippen molar-refractivity contribution in [2.45, 2.75) is 24.9 Å². The molecule has 21 heavy (non-hydrogen) atoms. The van der Waals surface area contributed by atoms with E-state index in [-0.39, 0.29) is 11.5 Å². The summed E-state index contributed by atoms with van der Waals surface area (Å²) >= 11 is 0. The van der Waals surface area contributed by atoms with E-state index in [1.807, 2.05) is 25.1 Å². The van der Waals surface area contributed by atoms with Gasteiger partial charge in [-0.2, -0.15) is 0 Å². The van der Waals surface area contributed by atoms with Crippen LogP contribution in [0.25, 0.3) is 0 Å². The van der Waals surface area contributed by atoms with E-state index in [4.69, 9.17) is 0 Å². The average molecular weight is 302 g/mol. The van der Waals surface area contributed by atoms with Gasteiger partial charge in [0.25, 0.3) is 0 Å². The fourth-order valence-electron chi connectivity index (χ4n) is 2.11. The topological polar surface area (TPSA) is 51.2 Å². The van der Waals surface area contributed by atoms with Gasteiger partial charge in [-0.3, -0.25) is 4.79 Å². The van der Waals surface area contributed by atoms with Gasteiger partial charge < -0.3 is 0 Å². The van der Waals surface area contributed by atoms with Crippen LogP contribution in [-0.4, -0.2) is 19.5 Å². The molecule has 4 heteroatoms. The van der Waals surface area contributed by atoms with Crippen molar-refractivity contribution in [3.05, 3.63) is 71.3 Å². The Kier molecular flexibility index (Phi) is 4.58. The Morgan fingerprint density at radius 1 is 1.00 bits per heavy atom. The molecule has 0 aliphatic heterocycles. The number of rotatable bonds is 5. The Balaban J connectivity index is 2.24. The molecule has 3 nitrogen and oxygen atoms in total. The molecule has 1 unspecified atom stereocenters. The molecule has 0 N–H and O–H groups in total. The highest BCUT2D eigenvalue weighted by molar-refractivity contribution is 7.92. The lowest BCUT2D eigenvalue weighted by molar-refractivity contribution is 0.0991. The summed E-state index contributed by atoms with van der Waals surface area (Å²) < 4.78 is 24.9. The largest absolute Gasteiger partial charge is 0.293 e. The van der Waals surface area contributed by atoms with Gasteiger partial charge in [0.15, 0.2) is 15.6 Å². The van der Waals surface area contributed by atoms with Crippen LogP contribution in [0.15, 0.2) is 54.6 Å². The van der Waals surface area contributed by atoms with Gasteiger partial charge in [-0.1, -0.05) is 54.6 Å². The maximum Gasteiger partial charge on any atom is 0.180 e. The maximum absolute atomic E-state index is 12.4. The molecule has 0 aliphatic rings. The molecule has 110 valence electrons. The van der Waals surface area contributed by atoms with E-state index in [0.29, 0.717) is 5.56 Å². The molecule has 0 fully saturated rings. The highest BCUT2D eigenvalue weighted by Gasteiger charge is 2.29. The molecule has 2 aromatic carbocycles. The Morgan fingerprint density at radius 3 is 2.19 bits per heavy atom. The minimum Gasteiger partial charge on any atom is -0.293 e. The number of benzene rings is 2. The zero-order valence-electron chi connectivity index (χ0n) is 12.1. The van der Waals surface area contributed by atoms with Crippen molar-refractivity contribution in [3.8, 4) is 0 Å². The first kappa shape index (κ1) is 15.4. The quantitative estimate of drug-likeness (QED) is 0.797. The van der Waals surface area contributed by atoms with Crippen molar-refractivity contribution in [1.82, 2.24) is 0 Å². The normalized spacial score (nSPS) is 12.9. The number of ketones is 1. The van der Waals surface area contributed by atoms with Crippen LogP contribution >= 0.6 is 0 Å². The fourth-order valence-corrected chi connectivity index (χ4v) is 3.58. The number of hydrogen-bond donors (Lipinski definition) is 0. The predicted octanol–water partition coefficient (Wildman–Crippen LogP) is 3.18. The van der Waals surface area contributed by atoms with Crippen LogP contribution in [0, 0.1) is 6.92 Å². The first-order valence-electron chi connectivity index (χ1n) is 6.77. The van der Waals surface area contributed by atoms with Crippen LogP contribution in [0.4, 0.5) is 0 Å². The molecule has 0 amide bonds. The predicted molar refractivity (Wildman–Crippen MR) is 84.0 cm³/mol. The number of sulfone groups is 1. The summed E-state index contributed by atoms with van der Waals surface area (Å²) in [5, 5.41) is -1.04. The number of carbonyl (C=O) groups excluding carboxylic acids is 1. The molecule has 1 atom stereocenters. The van der Waals surface area contributed by atoms with E-state index in [1.54, 1.807) is 36.4 Å². The van der Waals surface area contributed by atoms with Gasteiger partial charge in [-0.05, 0) is 25.0 Å². The maximum atomic E-state index is 12.4. The first-order valence-corrected chi connectivity index (χ1v) is 8.48. The van der Waals surface area contributed by atoms with Crippen LogP contribution in [0.3, 0.4) is 0 Å². The van der Waals surface area contributed by atoms with E-state index in [9.17, 15) is 13.2 Å². The zero-order valence-corrected chi connectivity index (χ0v) is 12.9. The lowest BCUT2D eigenvalue weighted by Crippen LogP contribution is -2.28. The number of Topliss-reactive ketones (excluding diaryl/α,β-unsaturated/α-hetero) is 1. The average Bonchev–Trinajstić information content (AvgIpc) is 2.49. The van der Waals surface area contributed by atoms with Gasteiger partial charge in [0, 0.05) is 5.56 Å². The molecule has 2 aromatic rings. The summed E-state index contributed by atoms with van der Waals surface area (Å²) in [7, 11) is -3.53. The second-order valence-corrected chi connectivity index (χ2v) is 7.43. The van der Waals surface area contributed by atoms with Crippen molar-refractivity contribution in [3.63, 3.8) is 0 Å². The van der Waals surface area contributed by atoms with Gasteiger partial charge in [-0.15, -0.1) is 0 Å². The van der Waals surface area contributed by atoms with Crippen molar-refractivity contribution >= 4 is 15.6 Å². The van der Waals surface area contributed by atoms with E-state index < -0.39 is 15.1 Å². The molecular weight excluding hydrogens is 284 g/mol. The second-order valence-electron chi connectivity index (χ2n) is 5.11. The van der Waals surface area contributed by atoms with E-state index in [2.05, 4.69) is 0 Å². The second kappa shape index (κ2) is 6.22. The van der Waals surface area contributed by atoms with Crippen LogP contribution in [0.2, 0.25) is 0 Å². The minimum atomic E-state index is -3.53. The van der Waals surface area contributed by atoms with E-state index >= 15 is 0 Å². The molecule has 0 spiro atoms. The van der Waals surface area contributed by atoms with Crippen LogP contribution < -0.4 is 0 Å². The summed E-state index contributed by atoms with van der Waals surface area (Å²) in [6.45, 7) is 3.33. The Bertz CT molecular complexity index is 734. The molecular formula is C17H18O3S. The van der Waals surface area contributed by atoms with Gasteiger partial charge in [-0.25, -0.2) is 8.42 Å². The molecule has 2 rings (SSSR count). The molecule has 0 heterocycles. The summed E-state index contributed by atoms with van der Waals surface area (Å²) in [5.41, 5.74) is 2.09. The van der Waals surface area contributed by atoms with Crippen LogP contribution in [-0.2, 0) is 15.6 Å². The third-order valence-electron chi connectivity index (χ3n) is 3.58. The Labute approximate surface area is 125 Å². The van der Waals surface area contributed by atoms with Crippen molar-refractivity contribution < 1.29 is 13.2 Å². The molecule has 0 radical (unpaired) electrons. The molecule has 0 aliphatic carbocycles. The monoisotopic (exact) mass is 302 g/mol. The van der Waals surface area contributed by atoms with Gasteiger partial charge in [0.2, 0.25) is 0 Å². The smallest absolute Gasteiger partial charge is 0.180 e. The third-order valence-corrected chi connectivity index (χ3v) is 5.59.